The van der Waals surface area contributed by atoms with Gasteiger partial charge in [0.2, 0.25) is 0 Å². The quantitative estimate of drug-likeness (QED) is 0.109. The monoisotopic (exact) mass is 346 g/mol. The Morgan fingerprint density at radius 2 is 1.59 bits per heavy atom. The van der Waals surface area contributed by atoms with E-state index < -0.39 is 17.9 Å². The number of hydrogen-bond donors (Lipinski definition) is 0. The molecule has 0 rings (SSSR count). The van der Waals surface area contributed by atoms with Crippen LogP contribution in [-0.4, -0.2) is 30.9 Å². The van der Waals surface area contributed by atoms with Crippen LogP contribution in [0.3, 0.4) is 0 Å². The van der Waals surface area contributed by atoms with Crippen LogP contribution in [0.1, 0.15) is 34.1 Å². The minimum absolute atomic E-state index is 0. The number of rotatable bonds is 11. The third kappa shape index (κ3) is 13.8. The first-order valence-electron chi connectivity index (χ1n) is 6.77. The van der Waals surface area contributed by atoms with E-state index in [9.17, 15) is 14.8 Å². The summed E-state index contributed by atoms with van der Waals surface area (Å²) in [5.74, 6) is -1.28. The zero-order valence-electron chi connectivity index (χ0n) is 13.8. The van der Waals surface area contributed by atoms with Gasteiger partial charge in [-0.2, -0.15) is 4.33 Å². The maximum atomic E-state index is 11.9. The zero-order valence-corrected chi connectivity index (χ0v) is 16.6. The molecule has 0 aliphatic rings. The molecule has 0 aliphatic carbocycles. The zero-order chi connectivity index (χ0) is 16.3. The fraction of sp³-hybridized carbons (Fsp3) is 0.846. The Labute approximate surface area is 157 Å². The SMILES string of the molecule is CC(C)COC(=O)CC(CSOO[O-])C(=O)OCC(C)C.[Na+]. The number of carbonyl (C=O) groups is 2. The van der Waals surface area contributed by atoms with Crippen molar-refractivity contribution in [2.45, 2.75) is 34.1 Å². The molecule has 0 aromatic heterocycles. The van der Waals surface area contributed by atoms with Crippen molar-refractivity contribution in [2.24, 2.45) is 17.8 Å². The molecule has 124 valence electrons. The van der Waals surface area contributed by atoms with E-state index in [1.54, 1.807) is 0 Å². The molecule has 0 saturated carbocycles. The van der Waals surface area contributed by atoms with Crippen molar-refractivity contribution >= 4 is 24.0 Å². The molecule has 9 heteroatoms. The first-order valence-corrected chi connectivity index (χ1v) is 7.68. The van der Waals surface area contributed by atoms with Crippen molar-refractivity contribution in [3.63, 3.8) is 0 Å². The summed E-state index contributed by atoms with van der Waals surface area (Å²) >= 11 is 0.647. The summed E-state index contributed by atoms with van der Waals surface area (Å²) in [6.07, 6.45) is -0.126. The molecular formula is C13H23NaO7S. The van der Waals surface area contributed by atoms with Crippen molar-refractivity contribution in [1.29, 1.82) is 0 Å². The number of ether oxygens (including phenoxy) is 2. The number of esters is 2. The summed E-state index contributed by atoms with van der Waals surface area (Å²) in [5, 5.41) is 12.9. The smallest absolute Gasteiger partial charge is 0.691 e. The van der Waals surface area contributed by atoms with Crippen LogP contribution in [0, 0.1) is 17.8 Å². The van der Waals surface area contributed by atoms with E-state index >= 15 is 0 Å². The van der Waals surface area contributed by atoms with Gasteiger partial charge in [-0.3, -0.25) is 14.6 Å². The molecule has 0 spiro atoms. The second-order valence-corrected chi connectivity index (χ2v) is 6.13. The van der Waals surface area contributed by atoms with Gasteiger partial charge in [0.25, 0.3) is 0 Å². The topological polar surface area (TPSA) is 94.1 Å². The second kappa shape index (κ2) is 14.7. The van der Waals surface area contributed by atoms with E-state index in [1.807, 2.05) is 27.7 Å². The van der Waals surface area contributed by atoms with E-state index in [0.29, 0.717) is 18.6 Å². The van der Waals surface area contributed by atoms with Gasteiger partial charge in [0.15, 0.2) is 0 Å². The Balaban J connectivity index is 0. The second-order valence-electron chi connectivity index (χ2n) is 5.42. The van der Waals surface area contributed by atoms with Crippen molar-refractivity contribution in [3.8, 4) is 0 Å². The van der Waals surface area contributed by atoms with Crippen LogP contribution in [0.25, 0.3) is 0 Å². The van der Waals surface area contributed by atoms with Crippen LogP contribution in [-0.2, 0) is 28.4 Å². The van der Waals surface area contributed by atoms with Gasteiger partial charge in [0.05, 0.1) is 25.6 Å². The van der Waals surface area contributed by atoms with Gasteiger partial charge in [0, 0.05) is 17.8 Å². The third-order valence-corrected chi connectivity index (χ3v) is 2.92. The molecular weight excluding hydrogens is 323 g/mol. The molecule has 7 nitrogen and oxygen atoms in total. The maximum absolute atomic E-state index is 11.9. The van der Waals surface area contributed by atoms with Crippen LogP contribution in [0.15, 0.2) is 0 Å². The normalized spacial score (nSPS) is 12.0. The molecule has 0 saturated heterocycles. The van der Waals surface area contributed by atoms with Crippen molar-refractivity contribution < 1.29 is 63.2 Å². The number of hydrogen-bond acceptors (Lipinski definition) is 8. The molecule has 0 bridgehead atoms. The van der Waals surface area contributed by atoms with Crippen LogP contribution in [0.2, 0.25) is 0 Å². The van der Waals surface area contributed by atoms with Crippen LogP contribution >= 0.6 is 12.0 Å². The molecule has 0 aromatic carbocycles. The van der Waals surface area contributed by atoms with Crippen LogP contribution < -0.4 is 34.8 Å². The predicted molar refractivity (Wildman–Crippen MR) is 74.3 cm³/mol. The minimum atomic E-state index is -0.747. The van der Waals surface area contributed by atoms with Gasteiger partial charge >= 0.3 is 41.5 Å². The third-order valence-electron chi connectivity index (χ3n) is 2.23. The molecule has 0 radical (unpaired) electrons. The van der Waals surface area contributed by atoms with E-state index in [-0.39, 0.29) is 60.2 Å². The van der Waals surface area contributed by atoms with Crippen molar-refractivity contribution in [3.05, 3.63) is 0 Å². The van der Waals surface area contributed by atoms with Gasteiger partial charge in [-0.05, 0) is 11.8 Å². The van der Waals surface area contributed by atoms with E-state index in [4.69, 9.17) is 9.47 Å². The van der Waals surface area contributed by atoms with Gasteiger partial charge in [-0.1, -0.05) is 27.7 Å². The molecule has 0 N–H and O–H groups in total. The largest absolute Gasteiger partial charge is 1.00 e. The average molecular weight is 346 g/mol. The Bertz CT molecular complexity index is 313. The summed E-state index contributed by atoms with van der Waals surface area (Å²) in [6.45, 7) is 8.19. The number of carbonyl (C=O) groups excluding carboxylic acids is 2. The Hall–Kier alpha value is 0.170. The van der Waals surface area contributed by atoms with Crippen LogP contribution in [0.5, 0.6) is 0 Å². The summed E-state index contributed by atoms with van der Waals surface area (Å²) in [7, 11) is 0. The molecule has 0 amide bonds. The van der Waals surface area contributed by atoms with Gasteiger partial charge in [0.1, 0.15) is 0 Å². The summed E-state index contributed by atoms with van der Waals surface area (Å²) in [6, 6.07) is 0. The van der Waals surface area contributed by atoms with E-state index in [2.05, 4.69) is 9.37 Å². The average Bonchev–Trinajstić information content (AvgIpc) is 2.41. The van der Waals surface area contributed by atoms with Gasteiger partial charge in [-0.15, -0.1) is 0 Å². The first-order chi connectivity index (χ1) is 9.86. The van der Waals surface area contributed by atoms with Gasteiger partial charge in [-0.25, -0.2) is 0 Å². The van der Waals surface area contributed by atoms with Crippen LogP contribution in [0.4, 0.5) is 0 Å². The Kier molecular flexibility index (Phi) is 16.4. The van der Waals surface area contributed by atoms with Gasteiger partial charge < -0.3 is 14.7 Å². The molecule has 0 heterocycles. The van der Waals surface area contributed by atoms with E-state index in [1.165, 1.54) is 0 Å². The Morgan fingerprint density at radius 1 is 1.05 bits per heavy atom. The van der Waals surface area contributed by atoms with E-state index in [0.717, 1.165) is 0 Å². The Morgan fingerprint density at radius 3 is 2.09 bits per heavy atom. The fourth-order valence-electron chi connectivity index (χ4n) is 1.23. The predicted octanol–water partition coefficient (Wildman–Crippen LogP) is -1.73. The molecule has 22 heavy (non-hydrogen) atoms. The summed E-state index contributed by atoms with van der Waals surface area (Å²) in [4.78, 5) is 23.6. The molecule has 0 fully saturated rings. The first kappa shape index (κ1) is 24.4. The molecule has 1 atom stereocenters. The summed E-state index contributed by atoms with van der Waals surface area (Å²) in [5.41, 5.74) is 0. The molecule has 0 aliphatic heterocycles. The fourth-order valence-corrected chi connectivity index (χ4v) is 1.74. The molecule has 1 unspecified atom stereocenters. The standard InChI is InChI=1S/C13H24O7S.Na/c1-9(2)6-17-12(14)5-11(8-21-20-19-16)13(15)18-7-10(3)4;/h9-11,16H,5-8H2,1-4H3;/q;+1/p-1. The molecule has 0 aromatic rings. The van der Waals surface area contributed by atoms with Crippen molar-refractivity contribution in [1.82, 2.24) is 0 Å². The maximum Gasteiger partial charge on any atom is 1.00 e. The van der Waals surface area contributed by atoms with Crippen molar-refractivity contribution in [2.75, 3.05) is 19.0 Å². The minimum Gasteiger partial charge on any atom is -0.691 e. The summed E-state index contributed by atoms with van der Waals surface area (Å²) < 4.78 is 14.2.